The van der Waals surface area contributed by atoms with E-state index in [0.29, 0.717) is 11.3 Å². The molecule has 3 N–H and O–H groups in total. The fraction of sp³-hybridized carbons (Fsp3) is 0.160. The van der Waals surface area contributed by atoms with E-state index < -0.39 is 16.7 Å². The monoisotopic (exact) mass is 457 g/mol. The summed E-state index contributed by atoms with van der Waals surface area (Å²) >= 11 is 0. The minimum absolute atomic E-state index is 0.0409. The van der Waals surface area contributed by atoms with E-state index in [1.54, 1.807) is 36.5 Å². The van der Waals surface area contributed by atoms with E-state index in [4.69, 9.17) is 0 Å². The van der Waals surface area contributed by atoms with Gasteiger partial charge in [-0.3, -0.25) is 24.8 Å². The Labute approximate surface area is 195 Å². The summed E-state index contributed by atoms with van der Waals surface area (Å²) < 4.78 is 0. The Kier molecular flexibility index (Phi) is 5.85. The molecule has 2 amide bonds. The highest BCUT2D eigenvalue weighted by Crippen LogP contribution is 2.26. The van der Waals surface area contributed by atoms with Gasteiger partial charge in [-0.15, -0.1) is 0 Å². The Morgan fingerprint density at radius 1 is 0.941 bits per heavy atom. The molecule has 34 heavy (non-hydrogen) atoms. The molecule has 4 aromatic rings. The second-order valence-corrected chi connectivity index (χ2v) is 8.89. The van der Waals surface area contributed by atoms with Gasteiger partial charge in [0.1, 0.15) is 0 Å². The van der Waals surface area contributed by atoms with Crippen molar-refractivity contribution >= 4 is 39.8 Å². The Morgan fingerprint density at radius 2 is 1.68 bits per heavy atom. The Hall–Kier alpha value is -4.53. The number of nitro benzene ring substituents is 1. The molecule has 0 bridgehead atoms. The normalized spacial score (nSPS) is 11.3. The van der Waals surface area contributed by atoms with E-state index in [9.17, 15) is 19.7 Å². The number of benzene rings is 3. The average Bonchev–Trinajstić information content (AvgIpc) is 3.26. The lowest BCUT2D eigenvalue weighted by Gasteiger charge is -2.19. The summed E-state index contributed by atoms with van der Waals surface area (Å²) in [6.07, 6.45) is 1.67. The van der Waals surface area contributed by atoms with Crippen LogP contribution in [0.3, 0.4) is 0 Å². The topological polar surface area (TPSA) is 130 Å². The molecule has 0 fully saturated rings. The molecule has 0 saturated carbocycles. The number of carbonyl (C=O) groups is 2. The molecular formula is C25H23N5O4. The molecule has 3 aromatic carbocycles. The lowest BCUT2D eigenvalue weighted by atomic mass is 9.86. The standard InChI is InChI=1S/C25H23N5O4/c1-25(2,3)17-7-4-15(5-8-17)23(31)28-22-13-19(30(33)34)10-11-20(22)24(32)27-18-9-6-16-14-26-29-21(16)12-18/h4-14H,1-3H3,(H,26,29)(H,27,32)(H,28,31). The number of amides is 2. The SMILES string of the molecule is CC(C)(C)c1ccc(C(=O)Nc2cc([N+](=O)[O-])ccc2C(=O)Nc2ccc3cn[nH]c3c2)cc1. The lowest BCUT2D eigenvalue weighted by Crippen LogP contribution is -2.19. The van der Waals surface area contributed by atoms with Gasteiger partial charge in [-0.1, -0.05) is 32.9 Å². The third-order valence-electron chi connectivity index (χ3n) is 5.42. The largest absolute Gasteiger partial charge is 0.322 e. The maximum atomic E-state index is 13.0. The van der Waals surface area contributed by atoms with Gasteiger partial charge in [-0.25, -0.2) is 0 Å². The first kappa shape index (κ1) is 22.7. The smallest absolute Gasteiger partial charge is 0.271 e. The maximum Gasteiger partial charge on any atom is 0.271 e. The van der Waals surface area contributed by atoms with Crippen LogP contribution in [0.4, 0.5) is 17.1 Å². The van der Waals surface area contributed by atoms with Crippen LogP contribution >= 0.6 is 0 Å². The predicted molar refractivity (Wildman–Crippen MR) is 130 cm³/mol. The average molecular weight is 457 g/mol. The van der Waals surface area contributed by atoms with Gasteiger partial charge in [0.2, 0.25) is 0 Å². The van der Waals surface area contributed by atoms with Crippen molar-refractivity contribution in [3.05, 3.63) is 93.7 Å². The van der Waals surface area contributed by atoms with Crippen molar-refractivity contribution in [2.75, 3.05) is 10.6 Å². The summed E-state index contributed by atoms with van der Waals surface area (Å²) in [6.45, 7) is 6.21. The third-order valence-corrected chi connectivity index (χ3v) is 5.42. The van der Waals surface area contributed by atoms with Gasteiger partial charge in [0, 0.05) is 28.8 Å². The summed E-state index contributed by atoms with van der Waals surface area (Å²) in [5.74, 6) is -0.999. The number of hydrogen-bond donors (Lipinski definition) is 3. The molecule has 9 heteroatoms. The van der Waals surface area contributed by atoms with Gasteiger partial charge in [-0.2, -0.15) is 5.10 Å². The molecular weight excluding hydrogens is 434 g/mol. The van der Waals surface area contributed by atoms with Crippen LogP contribution in [0.1, 0.15) is 47.1 Å². The number of non-ortho nitro benzene ring substituents is 1. The van der Waals surface area contributed by atoms with Crippen LogP contribution in [0, 0.1) is 10.1 Å². The molecule has 172 valence electrons. The van der Waals surface area contributed by atoms with Crippen LogP contribution in [-0.2, 0) is 5.41 Å². The number of H-pyrrole nitrogens is 1. The van der Waals surface area contributed by atoms with E-state index in [2.05, 4.69) is 41.6 Å². The van der Waals surface area contributed by atoms with Crippen molar-refractivity contribution in [1.29, 1.82) is 0 Å². The highest BCUT2D eigenvalue weighted by Gasteiger charge is 2.20. The molecule has 0 unspecified atom stereocenters. The number of rotatable bonds is 5. The Balaban J connectivity index is 1.61. The molecule has 0 spiro atoms. The highest BCUT2D eigenvalue weighted by molar-refractivity contribution is 6.13. The fourth-order valence-electron chi connectivity index (χ4n) is 3.48. The first-order valence-electron chi connectivity index (χ1n) is 10.6. The van der Waals surface area contributed by atoms with Crippen LogP contribution in [0.5, 0.6) is 0 Å². The number of anilines is 2. The van der Waals surface area contributed by atoms with Crippen LogP contribution < -0.4 is 10.6 Å². The number of aromatic amines is 1. The first-order valence-corrected chi connectivity index (χ1v) is 10.6. The molecule has 0 aliphatic carbocycles. The lowest BCUT2D eigenvalue weighted by molar-refractivity contribution is -0.384. The predicted octanol–water partition coefficient (Wildman–Crippen LogP) is 5.27. The van der Waals surface area contributed by atoms with Gasteiger partial charge in [0.05, 0.1) is 27.9 Å². The summed E-state index contributed by atoms with van der Waals surface area (Å²) in [6, 6.07) is 16.1. The zero-order valence-electron chi connectivity index (χ0n) is 18.9. The fourth-order valence-corrected chi connectivity index (χ4v) is 3.48. The van der Waals surface area contributed by atoms with Crippen LogP contribution in [0.2, 0.25) is 0 Å². The van der Waals surface area contributed by atoms with Crippen molar-refractivity contribution in [2.24, 2.45) is 0 Å². The molecule has 0 atom stereocenters. The van der Waals surface area contributed by atoms with E-state index in [-0.39, 0.29) is 22.4 Å². The Bertz CT molecular complexity index is 1400. The third kappa shape index (κ3) is 4.78. The van der Waals surface area contributed by atoms with Crippen molar-refractivity contribution in [1.82, 2.24) is 10.2 Å². The van der Waals surface area contributed by atoms with Gasteiger partial charge < -0.3 is 10.6 Å². The molecule has 0 aliphatic rings. The maximum absolute atomic E-state index is 13.0. The second kappa shape index (κ2) is 8.78. The summed E-state index contributed by atoms with van der Waals surface area (Å²) in [4.78, 5) is 36.6. The van der Waals surface area contributed by atoms with E-state index >= 15 is 0 Å². The molecule has 0 saturated heterocycles. The number of aromatic nitrogens is 2. The van der Waals surface area contributed by atoms with Gasteiger partial charge in [0.25, 0.3) is 17.5 Å². The van der Waals surface area contributed by atoms with Crippen LogP contribution in [0.15, 0.2) is 66.9 Å². The summed E-state index contributed by atoms with van der Waals surface area (Å²) in [5.41, 5.74) is 2.51. The molecule has 0 radical (unpaired) electrons. The second-order valence-electron chi connectivity index (χ2n) is 8.89. The summed E-state index contributed by atoms with van der Waals surface area (Å²) in [7, 11) is 0. The van der Waals surface area contributed by atoms with Gasteiger partial charge >= 0.3 is 0 Å². The number of carbonyl (C=O) groups excluding carboxylic acids is 2. The van der Waals surface area contributed by atoms with Crippen molar-refractivity contribution in [3.8, 4) is 0 Å². The first-order chi connectivity index (χ1) is 16.1. The van der Waals surface area contributed by atoms with Crippen molar-refractivity contribution in [3.63, 3.8) is 0 Å². The minimum Gasteiger partial charge on any atom is -0.322 e. The van der Waals surface area contributed by atoms with Crippen LogP contribution in [-0.4, -0.2) is 26.9 Å². The van der Waals surface area contributed by atoms with E-state index in [1.165, 1.54) is 18.2 Å². The number of hydrogen-bond acceptors (Lipinski definition) is 5. The molecule has 0 aliphatic heterocycles. The summed E-state index contributed by atoms with van der Waals surface area (Å²) in [5, 5.41) is 24.4. The molecule has 4 rings (SSSR count). The molecule has 9 nitrogen and oxygen atoms in total. The van der Waals surface area contributed by atoms with Gasteiger partial charge in [-0.05, 0) is 47.4 Å². The molecule has 1 aromatic heterocycles. The number of fused-ring (bicyclic) bond motifs is 1. The van der Waals surface area contributed by atoms with Gasteiger partial charge in [0.15, 0.2) is 0 Å². The van der Waals surface area contributed by atoms with E-state index in [0.717, 1.165) is 16.5 Å². The minimum atomic E-state index is -0.582. The van der Waals surface area contributed by atoms with Crippen molar-refractivity contribution < 1.29 is 14.5 Å². The zero-order valence-corrected chi connectivity index (χ0v) is 18.9. The Morgan fingerprint density at radius 3 is 2.35 bits per heavy atom. The van der Waals surface area contributed by atoms with Crippen LogP contribution in [0.25, 0.3) is 10.9 Å². The zero-order chi connectivity index (χ0) is 24.5. The number of nitrogens with one attached hydrogen (secondary N) is 3. The number of nitro groups is 1. The highest BCUT2D eigenvalue weighted by atomic mass is 16.6. The quantitative estimate of drug-likeness (QED) is 0.277. The van der Waals surface area contributed by atoms with Crippen molar-refractivity contribution in [2.45, 2.75) is 26.2 Å². The number of nitrogens with zero attached hydrogens (tertiary/aromatic N) is 2. The molecule has 1 heterocycles. The van der Waals surface area contributed by atoms with E-state index in [1.807, 2.05) is 12.1 Å².